The van der Waals surface area contributed by atoms with Gasteiger partial charge < -0.3 is 15.4 Å². The third-order valence-electron chi connectivity index (χ3n) is 3.11. The molecule has 0 fully saturated rings. The number of benzene rings is 1. The third-order valence-corrected chi connectivity index (χ3v) is 3.98. The van der Waals surface area contributed by atoms with E-state index in [0.29, 0.717) is 22.1 Å². The minimum atomic E-state index is -1.06. The van der Waals surface area contributed by atoms with Crippen LogP contribution in [0.2, 0.25) is 0 Å². The normalized spacial score (nSPS) is 10.3. The molecule has 1 aromatic heterocycles. The van der Waals surface area contributed by atoms with Gasteiger partial charge in [0, 0.05) is 16.9 Å². The number of carbonyl (C=O) groups is 2. The highest BCUT2D eigenvalue weighted by molar-refractivity contribution is 7.99. The van der Waals surface area contributed by atoms with E-state index in [2.05, 4.69) is 15.3 Å². The topological polar surface area (TPSA) is 112 Å². The van der Waals surface area contributed by atoms with Crippen molar-refractivity contribution in [1.29, 1.82) is 0 Å². The summed E-state index contributed by atoms with van der Waals surface area (Å²) in [4.78, 5) is 41.2. The first-order chi connectivity index (χ1) is 10.9. The number of hydrogen-bond donors (Lipinski definition) is 3. The molecule has 0 saturated carbocycles. The summed E-state index contributed by atoms with van der Waals surface area (Å²) in [5, 5.41) is 11.9. The van der Waals surface area contributed by atoms with E-state index in [1.165, 1.54) is 12.1 Å². The Bertz CT molecular complexity index is 817. The van der Waals surface area contributed by atoms with Crippen molar-refractivity contribution in [3.8, 4) is 0 Å². The molecule has 0 bridgehead atoms. The van der Waals surface area contributed by atoms with E-state index in [1.807, 2.05) is 0 Å². The quantitative estimate of drug-likeness (QED) is 0.568. The van der Waals surface area contributed by atoms with Gasteiger partial charge in [-0.2, -0.15) is 0 Å². The van der Waals surface area contributed by atoms with Gasteiger partial charge in [0.2, 0.25) is 5.91 Å². The molecule has 2 rings (SSSR count). The maximum absolute atomic E-state index is 11.9. The van der Waals surface area contributed by atoms with Gasteiger partial charge in [-0.3, -0.25) is 9.59 Å². The van der Waals surface area contributed by atoms with Crippen LogP contribution in [-0.4, -0.2) is 32.7 Å². The summed E-state index contributed by atoms with van der Waals surface area (Å²) in [7, 11) is 0. The number of nitrogens with one attached hydrogen (secondary N) is 2. The summed E-state index contributed by atoms with van der Waals surface area (Å²) in [5.41, 5.74) is 1.43. The number of rotatable bonds is 5. The zero-order chi connectivity index (χ0) is 17.0. The largest absolute Gasteiger partial charge is 0.478 e. The molecule has 3 N–H and O–H groups in total. The molecule has 0 unspecified atom stereocenters. The number of aryl methyl sites for hydroxylation is 1. The molecule has 8 heteroatoms. The first-order valence-corrected chi connectivity index (χ1v) is 7.69. The minimum Gasteiger partial charge on any atom is -0.478 e. The summed E-state index contributed by atoms with van der Waals surface area (Å²) >= 11 is 1.10. The van der Waals surface area contributed by atoms with Crippen molar-refractivity contribution >= 4 is 29.3 Å². The second-order valence-electron chi connectivity index (χ2n) is 4.80. The van der Waals surface area contributed by atoms with Gasteiger partial charge in [0.1, 0.15) is 0 Å². The first kappa shape index (κ1) is 16.8. The highest BCUT2D eigenvalue weighted by atomic mass is 32.2. The Morgan fingerprint density at radius 3 is 2.74 bits per heavy atom. The van der Waals surface area contributed by atoms with Crippen LogP contribution in [0.5, 0.6) is 0 Å². The number of nitrogens with zero attached hydrogens (tertiary/aromatic N) is 1. The van der Waals surface area contributed by atoms with Crippen LogP contribution >= 0.6 is 11.8 Å². The van der Waals surface area contributed by atoms with Gasteiger partial charge in [0.25, 0.3) is 5.56 Å². The minimum absolute atomic E-state index is 0.0444. The van der Waals surface area contributed by atoms with Gasteiger partial charge in [-0.25, -0.2) is 9.78 Å². The van der Waals surface area contributed by atoms with Crippen LogP contribution in [0.25, 0.3) is 0 Å². The van der Waals surface area contributed by atoms with Gasteiger partial charge in [0.15, 0.2) is 5.16 Å². The second-order valence-corrected chi connectivity index (χ2v) is 5.77. The van der Waals surface area contributed by atoms with Crippen molar-refractivity contribution in [2.45, 2.75) is 19.0 Å². The van der Waals surface area contributed by atoms with E-state index in [9.17, 15) is 14.4 Å². The fraction of sp³-hybridized carbons (Fsp3) is 0.200. The number of thioether (sulfide) groups is 1. The van der Waals surface area contributed by atoms with Gasteiger partial charge >= 0.3 is 5.97 Å². The van der Waals surface area contributed by atoms with Crippen LogP contribution in [0.4, 0.5) is 5.69 Å². The number of amides is 1. The molecule has 7 nitrogen and oxygen atoms in total. The SMILES string of the molecule is Cc1nc(SCC(=O)Nc2cccc(C(=O)O)c2)[nH]c(=O)c1C. The Balaban J connectivity index is 1.99. The van der Waals surface area contributed by atoms with Gasteiger partial charge in [0.05, 0.1) is 11.3 Å². The predicted molar refractivity (Wildman–Crippen MR) is 87.1 cm³/mol. The van der Waals surface area contributed by atoms with Crippen LogP contribution in [0, 0.1) is 13.8 Å². The lowest BCUT2D eigenvalue weighted by Gasteiger charge is -2.06. The number of carbonyl (C=O) groups excluding carboxylic acids is 1. The van der Waals surface area contributed by atoms with Crippen molar-refractivity contribution in [2.75, 3.05) is 11.1 Å². The Kier molecular flexibility index (Phi) is 5.17. The number of H-pyrrole nitrogens is 1. The number of anilines is 1. The third kappa shape index (κ3) is 4.43. The molecule has 1 heterocycles. The van der Waals surface area contributed by atoms with Crippen LogP contribution < -0.4 is 10.9 Å². The molecule has 1 aromatic carbocycles. The number of carboxylic acids is 1. The molecule has 1 amide bonds. The molecule has 0 radical (unpaired) electrons. The van der Waals surface area contributed by atoms with Gasteiger partial charge in [-0.05, 0) is 32.0 Å². The average Bonchev–Trinajstić information content (AvgIpc) is 2.50. The Hall–Kier alpha value is -2.61. The highest BCUT2D eigenvalue weighted by Gasteiger charge is 2.09. The number of hydrogen-bond acceptors (Lipinski definition) is 5. The summed E-state index contributed by atoms with van der Waals surface area (Å²) in [6, 6.07) is 5.97. The van der Waals surface area contributed by atoms with Crippen LogP contribution in [0.1, 0.15) is 21.6 Å². The number of aromatic carboxylic acids is 1. The summed E-state index contributed by atoms with van der Waals surface area (Å²) in [5.74, 6) is -1.34. The van der Waals surface area contributed by atoms with Crippen molar-refractivity contribution in [1.82, 2.24) is 9.97 Å². The van der Waals surface area contributed by atoms with E-state index in [0.717, 1.165) is 11.8 Å². The number of aromatic nitrogens is 2. The van der Waals surface area contributed by atoms with Gasteiger partial charge in [-0.15, -0.1) is 0 Å². The monoisotopic (exact) mass is 333 g/mol. The maximum Gasteiger partial charge on any atom is 0.335 e. The Labute approximate surface area is 136 Å². The molecular weight excluding hydrogens is 318 g/mol. The molecule has 0 saturated heterocycles. The number of aromatic amines is 1. The lowest BCUT2D eigenvalue weighted by atomic mass is 10.2. The van der Waals surface area contributed by atoms with Crippen molar-refractivity contribution in [3.05, 3.63) is 51.4 Å². The average molecular weight is 333 g/mol. The second kappa shape index (κ2) is 7.10. The lowest BCUT2D eigenvalue weighted by molar-refractivity contribution is -0.113. The lowest BCUT2D eigenvalue weighted by Crippen LogP contribution is -2.17. The number of carboxylic acid groups (broad SMARTS) is 1. The van der Waals surface area contributed by atoms with Crippen LogP contribution in [-0.2, 0) is 4.79 Å². The zero-order valence-electron chi connectivity index (χ0n) is 12.5. The summed E-state index contributed by atoms with van der Waals surface area (Å²) < 4.78 is 0. The standard InChI is InChI=1S/C15H15N3O4S/c1-8-9(2)16-15(18-13(8)20)23-7-12(19)17-11-5-3-4-10(6-11)14(21)22/h3-6H,7H2,1-2H3,(H,17,19)(H,21,22)(H,16,18,20). The molecule has 0 atom stereocenters. The zero-order valence-corrected chi connectivity index (χ0v) is 13.4. The molecule has 0 aliphatic heterocycles. The van der Waals surface area contributed by atoms with E-state index < -0.39 is 5.97 Å². The van der Waals surface area contributed by atoms with Crippen molar-refractivity contribution < 1.29 is 14.7 Å². The smallest absolute Gasteiger partial charge is 0.335 e. The maximum atomic E-state index is 11.9. The molecule has 0 aliphatic carbocycles. The van der Waals surface area contributed by atoms with Crippen LogP contribution in [0.3, 0.4) is 0 Å². The van der Waals surface area contributed by atoms with E-state index in [4.69, 9.17) is 5.11 Å². The van der Waals surface area contributed by atoms with E-state index in [-0.39, 0.29) is 22.8 Å². The van der Waals surface area contributed by atoms with Crippen molar-refractivity contribution in [2.24, 2.45) is 0 Å². The molecule has 2 aromatic rings. The summed E-state index contributed by atoms with van der Waals surface area (Å²) in [6.45, 7) is 3.41. The van der Waals surface area contributed by atoms with Crippen LogP contribution in [0.15, 0.2) is 34.2 Å². The summed E-state index contributed by atoms with van der Waals surface area (Å²) in [6.07, 6.45) is 0. The highest BCUT2D eigenvalue weighted by Crippen LogP contribution is 2.15. The fourth-order valence-electron chi connectivity index (χ4n) is 1.75. The molecule has 120 valence electrons. The molecule has 23 heavy (non-hydrogen) atoms. The molecule has 0 aliphatic rings. The van der Waals surface area contributed by atoms with E-state index in [1.54, 1.807) is 26.0 Å². The molecular formula is C15H15N3O4S. The molecule has 0 spiro atoms. The Morgan fingerprint density at radius 2 is 2.09 bits per heavy atom. The first-order valence-electron chi connectivity index (χ1n) is 6.70. The van der Waals surface area contributed by atoms with Gasteiger partial charge in [-0.1, -0.05) is 17.8 Å². The Morgan fingerprint density at radius 1 is 1.35 bits per heavy atom. The van der Waals surface area contributed by atoms with Crippen molar-refractivity contribution in [3.63, 3.8) is 0 Å². The predicted octanol–water partition coefficient (Wildman–Crippen LogP) is 1.82. The fourth-order valence-corrected chi connectivity index (χ4v) is 2.45. The van der Waals surface area contributed by atoms with E-state index >= 15 is 0 Å².